The van der Waals surface area contributed by atoms with Gasteiger partial charge in [-0.2, -0.15) is 0 Å². The smallest absolute Gasteiger partial charge is 0.261 e. The highest BCUT2D eigenvalue weighted by Crippen LogP contribution is 2.34. The standard InChI is InChI=1S/C21H20ClN3O4S/c1-13-19(20(24-29-13)16-7-3-4-8-17(16)22)21(26)23-15-10-9-14-6-5-11-25(18(14)12-15)30(2,27)28/h3-4,7-10,12H,5-6,11H2,1-2H3,(H,23,26). The van der Waals surface area contributed by atoms with Crippen molar-refractivity contribution in [2.24, 2.45) is 0 Å². The number of aromatic nitrogens is 1. The van der Waals surface area contributed by atoms with E-state index in [-0.39, 0.29) is 5.56 Å². The van der Waals surface area contributed by atoms with Crippen LogP contribution in [0.5, 0.6) is 0 Å². The van der Waals surface area contributed by atoms with Crippen molar-refractivity contribution in [3.8, 4) is 11.3 Å². The van der Waals surface area contributed by atoms with Gasteiger partial charge in [0, 0.05) is 17.8 Å². The van der Waals surface area contributed by atoms with Gasteiger partial charge >= 0.3 is 0 Å². The quantitative estimate of drug-likeness (QED) is 0.647. The van der Waals surface area contributed by atoms with E-state index in [9.17, 15) is 13.2 Å². The number of fused-ring (bicyclic) bond motifs is 1. The van der Waals surface area contributed by atoms with Gasteiger partial charge < -0.3 is 9.84 Å². The summed E-state index contributed by atoms with van der Waals surface area (Å²) >= 11 is 6.27. The van der Waals surface area contributed by atoms with Gasteiger partial charge in [0.15, 0.2) is 0 Å². The fraction of sp³-hybridized carbons (Fsp3) is 0.238. The topological polar surface area (TPSA) is 92.5 Å². The van der Waals surface area contributed by atoms with Gasteiger partial charge in [0.05, 0.1) is 17.0 Å². The SMILES string of the molecule is Cc1onc(-c2ccccc2Cl)c1C(=O)Nc1ccc2c(c1)N(S(C)(=O)=O)CCC2. The summed E-state index contributed by atoms with van der Waals surface area (Å²) in [5.41, 5.74) is 3.24. The average Bonchev–Trinajstić information content (AvgIpc) is 3.08. The Morgan fingerprint density at radius 2 is 2.00 bits per heavy atom. The molecule has 1 amide bonds. The Hall–Kier alpha value is -2.84. The highest BCUT2D eigenvalue weighted by atomic mass is 35.5. The number of halogens is 1. The van der Waals surface area contributed by atoms with E-state index in [0.717, 1.165) is 18.4 Å². The van der Waals surface area contributed by atoms with Crippen molar-refractivity contribution in [2.75, 3.05) is 22.4 Å². The molecule has 0 aliphatic carbocycles. The van der Waals surface area contributed by atoms with Gasteiger partial charge in [-0.1, -0.05) is 41.0 Å². The minimum Gasteiger partial charge on any atom is -0.360 e. The lowest BCUT2D eigenvalue weighted by Crippen LogP contribution is -2.34. The second-order valence-electron chi connectivity index (χ2n) is 7.18. The van der Waals surface area contributed by atoms with Crippen LogP contribution in [0.3, 0.4) is 0 Å². The molecular weight excluding hydrogens is 426 g/mol. The molecule has 0 spiro atoms. The largest absolute Gasteiger partial charge is 0.360 e. The van der Waals surface area contributed by atoms with Crippen LogP contribution in [-0.4, -0.2) is 32.3 Å². The minimum absolute atomic E-state index is 0.279. The van der Waals surface area contributed by atoms with Crippen molar-refractivity contribution in [1.29, 1.82) is 0 Å². The number of carbonyl (C=O) groups excluding carboxylic acids is 1. The van der Waals surface area contributed by atoms with Gasteiger partial charge in [-0.05, 0) is 43.5 Å². The summed E-state index contributed by atoms with van der Waals surface area (Å²) in [7, 11) is -3.40. The Labute approximate surface area is 179 Å². The van der Waals surface area contributed by atoms with E-state index >= 15 is 0 Å². The molecule has 1 aliphatic rings. The molecule has 0 fully saturated rings. The number of carbonyl (C=O) groups is 1. The molecular formula is C21H20ClN3O4S. The van der Waals surface area contributed by atoms with Gasteiger partial charge in [-0.15, -0.1) is 0 Å². The fourth-order valence-corrected chi connectivity index (χ4v) is 4.85. The van der Waals surface area contributed by atoms with E-state index in [0.29, 0.717) is 40.0 Å². The second kappa shape index (κ2) is 7.77. The normalized spacial score (nSPS) is 13.8. The molecule has 0 atom stereocenters. The summed E-state index contributed by atoms with van der Waals surface area (Å²) < 4.78 is 30.9. The molecule has 1 N–H and O–H groups in total. The van der Waals surface area contributed by atoms with E-state index in [4.69, 9.17) is 16.1 Å². The molecule has 2 heterocycles. The molecule has 1 aliphatic heterocycles. The zero-order valence-corrected chi connectivity index (χ0v) is 18.0. The number of anilines is 2. The van der Waals surface area contributed by atoms with Gasteiger partial charge in [0.1, 0.15) is 17.0 Å². The lowest BCUT2D eigenvalue weighted by molar-refractivity contribution is 0.102. The third-order valence-corrected chi connectivity index (χ3v) is 6.55. The molecule has 9 heteroatoms. The Morgan fingerprint density at radius 1 is 1.23 bits per heavy atom. The predicted molar refractivity (Wildman–Crippen MR) is 117 cm³/mol. The summed E-state index contributed by atoms with van der Waals surface area (Å²) in [6.07, 6.45) is 2.73. The highest BCUT2D eigenvalue weighted by Gasteiger charge is 2.26. The van der Waals surface area contributed by atoms with Crippen molar-refractivity contribution in [3.63, 3.8) is 0 Å². The lowest BCUT2D eigenvalue weighted by Gasteiger charge is -2.29. The molecule has 156 valence electrons. The van der Waals surface area contributed by atoms with Crippen molar-refractivity contribution in [1.82, 2.24) is 5.16 Å². The van der Waals surface area contributed by atoms with Crippen LogP contribution in [0.4, 0.5) is 11.4 Å². The number of nitrogens with one attached hydrogen (secondary N) is 1. The minimum atomic E-state index is -3.40. The fourth-order valence-electron chi connectivity index (χ4n) is 3.63. The van der Waals surface area contributed by atoms with Crippen LogP contribution in [0.2, 0.25) is 5.02 Å². The first-order valence-corrected chi connectivity index (χ1v) is 11.6. The monoisotopic (exact) mass is 445 g/mol. The number of hydrogen-bond donors (Lipinski definition) is 1. The van der Waals surface area contributed by atoms with E-state index in [2.05, 4.69) is 10.5 Å². The van der Waals surface area contributed by atoms with Crippen LogP contribution < -0.4 is 9.62 Å². The summed E-state index contributed by atoms with van der Waals surface area (Å²) in [5, 5.41) is 7.31. The number of amides is 1. The van der Waals surface area contributed by atoms with Gasteiger partial charge in [-0.25, -0.2) is 8.42 Å². The maximum absolute atomic E-state index is 13.1. The zero-order valence-electron chi connectivity index (χ0n) is 16.5. The Morgan fingerprint density at radius 3 is 2.73 bits per heavy atom. The van der Waals surface area contributed by atoms with Gasteiger partial charge in [-0.3, -0.25) is 9.10 Å². The molecule has 0 unspecified atom stereocenters. The van der Waals surface area contributed by atoms with E-state index in [1.807, 2.05) is 6.07 Å². The maximum Gasteiger partial charge on any atom is 0.261 e. The molecule has 3 aromatic rings. The third-order valence-electron chi connectivity index (χ3n) is 5.04. The molecule has 0 bridgehead atoms. The van der Waals surface area contributed by atoms with E-state index in [1.165, 1.54) is 10.6 Å². The lowest BCUT2D eigenvalue weighted by atomic mass is 10.0. The highest BCUT2D eigenvalue weighted by molar-refractivity contribution is 7.92. The van der Waals surface area contributed by atoms with Crippen LogP contribution in [0.25, 0.3) is 11.3 Å². The molecule has 30 heavy (non-hydrogen) atoms. The number of aryl methyl sites for hydroxylation is 2. The van der Waals surface area contributed by atoms with E-state index in [1.54, 1.807) is 43.3 Å². The van der Waals surface area contributed by atoms with Crippen molar-refractivity contribution < 1.29 is 17.7 Å². The molecule has 0 radical (unpaired) electrons. The average molecular weight is 446 g/mol. The van der Waals surface area contributed by atoms with Crippen LogP contribution in [0.1, 0.15) is 28.1 Å². The van der Waals surface area contributed by atoms with Crippen molar-refractivity contribution >= 4 is 38.9 Å². The van der Waals surface area contributed by atoms with Crippen LogP contribution in [0.15, 0.2) is 47.0 Å². The van der Waals surface area contributed by atoms with Crippen molar-refractivity contribution in [2.45, 2.75) is 19.8 Å². The number of sulfonamides is 1. The van der Waals surface area contributed by atoms with Gasteiger partial charge in [0.25, 0.3) is 5.91 Å². The predicted octanol–water partition coefficient (Wildman–Crippen LogP) is 4.27. The Kier molecular flexibility index (Phi) is 5.29. The van der Waals surface area contributed by atoms with Crippen LogP contribution in [0, 0.1) is 6.92 Å². The first kappa shape index (κ1) is 20.4. The zero-order chi connectivity index (χ0) is 21.5. The summed E-state index contributed by atoms with van der Waals surface area (Å²) in [5.74, 6) is -0.0523. The maximum atomic E-state index is 13.1. The van der Waals surface area contributed by atoms with Crippen LogP contribution >= 0.6 is 11.6 Å². The molecule has 2 aromatic carbocycles. The van der Waals surface area contributed by atoms with Crippen molar-refractivity contribution in [3.05, 3.63) is 64.4 Å². The summed E-state index contributed by atoms with van der Waals surface area (Å²) in [4.78, 5) is 13.1. The Bertz CT molecular complexity index is 1240. The molecule has 4 rings (SSSR count). The first-order chi connectivity index (χ1) is 14.3. The number of nitrogens with zero attached hydrogens (tertiary/aromatic N) is 2. The van der Waals surface area contributed by atoms with Crippen LogP contribution in [-0.2, 0) is 16.4 Å². The second-order valence-corrected chi connectivity index (χ2v) is 9.49. The summed E-state index contributed by atoms with van der Waals surface area (Å²) in [6, 6.07) is 12.4. The first-order valence-electron chi connectivity index (χ1n) is 9.39. The van der Waals surface area contributed by atoms with Gasteiger partial charge in [0.2, 0.25) is 10.0 Å². The summed E-state index contributed by atoms with van der Waals surface area (Å²) in [6.45, 7) is 2.07. The molecule has 7 nitrogen and oxygen atoms in total. The number of benzene rings is 2. The van der Waals surface area contributed by atoms with E-state index < -0.39 is 15.9 Å². The third kappa shape index (κ3) is 3.80. The molecule has 0 saturated carbocycles. The Balaban J connectivity index is 1.68. The molecule has 0 saturated heterocycles. The number of hydrogen-bond acceptors (Lipinski definition) is 5. The molecule has 1 aromatic heterocycles. The number of rotatable bonds is 4.